The van der Waals surface area contributed by atoms with Crippen LogP contribution in [0.2, 0.25) is 0 Å². The smallest absolute Gasteiger partial charge is 0.270 e. The van der Waals surface area contributed by atoms with Crippen LogP contribution in [0.15, 0.2) is 18.2 Å². The summed E-state index contributed by atoms with van der Waals surface area (Å²) in [4.78, 5) is 13.3. The Bertz CT molecular complexity index is 440. The average Bonchev–Trinajstić information content (AvgIpc) is 2.34. The van der Waals surface area contributed by atoms with Gasteiger partial charge in [0.25, 0.3) is 5.69 Å². The number of hydrogen-bond acceptors (Lipinski definition) is 4. The van der Waals surface area contributed by atoms with Crippen molar-refractivity contribution < 1.29 is 9.66 Å². The van der Waals surface area contributed by atoms with Gasteiger partial charge < -0.3 is 10.1 Å². The number of nitrogens with one attached hydrogen (secondary N) is 1. The summed E-state index contributed by atoms with van der Waals surface area (Å²) >= 11 is 0. The van der Waals surface area contributed by atoms with Crippen LogP contribution in [0, 0.1) is 16.7 Å². The van der Waals surface area contributed by atoms with Crippen LogP contribution in [0.5, 0.6) is 5.75 Å². The molecule has 1 aromatic carbocycles. The SMILES string of the molecule is [C-]#[N+]c1ccc([N+](=O)[O-])cc1OCCCNC. The Hall–Kier alpha value is -2.13. The lowest BCUT2D eigenvalue weighted by Crippen LogP contribution is -2.11. The molecule has 0 bridgehead atoms. The molecule has 0 fully saturated rings. The van der Waals surface area contributed by atoms with Gasteiger partial charge in [0.2, 0.25) is 5.69 Å². The number of non-ortho nitro benzene ring substituents is 1. The summed E-state index contributed by atoms with van der Waals surface area (Å²) in [6, 6.07) is 3.99. The molecule has 1 rings (SSSR count). The molecule has 0 spiro atoms. The van der Waals surface area contributed by atoms with E-state index in [1.54, 1.807) is 0 Å². The van der Waals surface area contributed by atoms with Crippen LogP contribution in [-0.4, -0.2) is 25.1 Å². The van der Waals surface area contributed by atoms with Crippen molar-refractivity contribution in [1.82, 2.24) is 5.32 Å². The normalized spacial score (nSPS) is 9.65. The Morgan fingerprint density at radius 1 is 1.59 bits per heavy atom. The molecular weight excluding hydrogens is 222 g/mol. The number of benzene rings is 1. The second-order valence-corrected chi connectivity index (χ2v) is 3.33. The topological polar surface area (TPSA) is 68.8 Å². The van der Waals surface area contributed by atoms with Crippen molar-refractivity contribution >= 4 is 11.4 Å². The van der Waals surface area contributed by atoms with Crippen LogP contribution >= 0.6 is 0 Å². The molecule has 0 aromatic heterocycles. The zero-order valence-electron chi connectivity index (χ0n) is 9.47. The van der Waals surface area contributed by atoms with Gasteiger partial charge in [0.15, 0.2) is 0 Å². The molecule has 0 aliphatic rings. The summed E-state index contributed by atoms with van der Waals surface area (Å²) < 4.78 is 5.36. The van der Waals surface area contributed by atoms with Crippen LogP contribution in [0.1, 0.15) is 6.42 Å². The summed E-state index contributed by atoms with van der Waals surface area (Å²) in [5.41, 5.74) is 0.223. The second-order valence-electron chi connectivity index (χ2n) is 3.33. The molecule has 0 radical (unpaired) electrons. The first-order valence-corrected chi connectivity index (χ1v) is 5.12. The van der Waals surface area contributed by atoms with E-state index in [1.807, 2.05) is 7.05 Å². The molecule has 90 valence electrons. The quantitative estimate of drug-likeness (QED) is 0.355. The standard InChI is InChI=1S/C11H13N3O3/c1-12-6-3-7-17-11-8-9(14(15)16)4-5-10(11)13-2/h4-5,8,12H,3,6-7H2,1H3. The maximum Gasteiger partial charge on any atom is 0.270 e. The minimum Gasteiger partial charge on any atom is -0.504 e. The average molecular weight is 235 g/mol. The maximum absolute atomic E-state index is 10.6. The minimum absolute atomic E-state index is 0.0685. The van der Waals surface area contributed by atoms with Gasteiger partial charge in [-0.05, 0) is 26.1 Å². The van der Waals surface area contributed by atoms with Gasteiger partial charge in [-0.2, -0.15) is 0 Å². The monoisotopic (exact) mass is 235 g/mol. The summed E-state index contributed by atoms with van der Waals surface area (Å²) in [7, 11) is 1.83. The number of nitro benzene ring substituents is 1. The Morgan fingerprint density at radius 2 is 2.35 bits per heavy atom. The molecule has 0 aliphatic heterocycles. The molecule has 0 saturated heterocycles. The van der Waals surface area contributed by atoms with Gasteiger partial charge in [0.05, 0.1) is 18.1 Å². The van der Waals surface area contributed by atoms with E-state index in [-0.39, 0.29) is 11.4 Å². The molecule has 0 amide bonds. The largest absolute Gasteiger partial charge is 0.504 e. The van der Waals surface area contributed by atoms with E-state index in [1.165, 1.54) is 18.2 Å². The van der Waals surface area contributed by atoms with Crippen molar-refractivity contribution in [3.63, 3.8) is 0 Å². The number of nitro groups is 1. The van der Waals surface area contributed by atoms with Gasteiger partial charge in [-0.25, -0.2) is 4.85 Å². The van der Waals surface area contributed by atoms with Crippen molar-refractivity contribution in [2.24, 2.45) is 0 Å². The predicted octanol–water partition coefficient (Wildman–Crippen LogP) is 2.13. The van der Waals surface area contributed by atoms with Crippen LogP contribution in [0.3, 0.4) is 0 Å². The molecule has 0 aliphatic carbocycles. The fourth-order valence-electron chi connectivity index (χ4n) is 1.26. The molecule has 0 atom stereocenters. The van der Waals surface area contributed by atoms with Crippen LogP contribution in [0.4, 0.5) is 11.4 Å². The lowest BCUT2D eigenvalue weighted by atomic mass is 10.2. The number of ether oxygens (including phenoxy) is 1. The Morgan fingerprint density at radius 3 is 2.94 bits per heavy atom. The van der Waals surface area contributed by atoms with Crippen molar-refractivity contribution in [2.75, 3.05) is 20.2 Å². The highest BCUT2D eigenvalue weighted by atomic mass is 16.6. The van der Waals surface area contributed by atoms with E-state index < -0.39 is 4.92 Å². The zero-order valence-corrected chi connectivity index (χ0v) is 9.47. The summed E-state index contributed by atoms with van der Waals surface area (Å²) in [6.45, 7) is 8.16. The highest BCUT2D eigenvalue weighted by Gasteiger charge is 2.11. The molecular formula is C11H13N3O3. The molecule has 1 aromatic rings. The molecule has 0 heterocycles. The lowest BCUT2D eigenvalue weighted by molar-refractivity contribution is -0.384. The molecule has 0 saturated carbocycles. The molecule has 0 unspecified atom stereocenters. The predicted molar refractivity (Wildman–Crippen MR) is 63.4 cm³/mol. The first-order chi connectivity index (χ1) is 8.19. The molecule has 1 N–H and O–H groups in total. The third kappa shape index (κ3) is 3.74. The first kappa shape index (κ1) is 12.9. The van der Waals surface area contributed by atoms with E-state index in [2.05, 4.69) is 10.2 Å². The van der Waals surface area contributed by atoms with Crippen molar-refractivity contribution in [2.45, 2.75) is 6.42 Å². The van der Waals surface area contributed by atoms with Crippen LogP contribution < -0.4 is 10.1 Å². The van der Waals surface area contributed by atoms with E-state index in [0.717, 1.165) is 13.0 Å². The molecule has 6 nitrogen and oxygen atoms in total. The number of hydrogen-bond donors (Lipinski definition) is 1. The molecule has 6 heteroatoms. The zero-order chi connectivity index (χ0) is 12.7. The van der Waals surface area contributed by atoms with Crippen molar-refractivity contribution in [1.29, 1.82) is 0 Å². The summed E-state index contributed by atoms with van der Waals surface area (Å²) in [5, 5.41) is 13.6. The maximum atomic E-state index is 10.6. The third-order valence-electron chi connectivity index (χ3n) is 2.10. The van der Waals surface area contributed by atoms with Crippen LogP contribution in [0.25, 0.3) is 4.85 Å². The van der Waals surface area contributed by atoms with Gasteiger partial charge in [-0.3, -0.25) is 10.1 Å². The second kappa shape index (κ2) is 6.45. The van der Waals surface area contributed by atoms with Crippen molar-refractivity contribution in [3.8, 4) is 5.75 Å². The minimum atomic E-state index is -0.506. The van der Waals surface area contributed by atoms with E-state index >= 15 is 0 Å². The Balaban J connectivity index is 2.77. The first-order valence-electron chi connectivity index (χ1n) is 5.12. The van der Waals surface area contributed by atoms with E-state index in [9.17, 15) is 10.1 Å². The van der Waals surface area contributed by atoms with Gasteiger partial charge >= 0.3 is 0 Å². The lowest BCUT2D eigenvalue weighted by Gasteiger charge is -2.07. The molecule has 17 heavy (non-hydrogen) atoms. The fraction of sp³-hybridized carbons (Fsp3) is 0.364. The van der Waals surface area contributed by atoms with Gasteiger partial charge in [0, 0.05) is 12.1 Å². The highest BCUT2D eigenvalue weighted by molar-refractivity contribution is 5.61. The van der Waals surface area contributed by atoms with Gasteiger partial charge in [-0.1, -0.05) is 0 Å². The Labute approximate surface area is 99.2 Å². The number of nitrogens with zero attached hydrogens (tertiary/aromatic N) is 2. The third-order valence-corrected chi connectivity index (χ3v) is 2.10. The summed E-state index contributed by atoms with van der Waals surface area (Å²) in [5.74, 6) is 0.269. The van der Waals surface area contributed by atoms with Gasteiger partial charge in [0.1, 0.15) is 5.75 Å². The van der Waals surface area contributed by atoms with Gasteiger partial charge in [-0.15, -0.1) is 0 Å². The fourth-order valence-corrected chi connectivity index (χ4v) is 1.26. The highest BCUT2D eigenvalue weighted by Crippen LogP contribution is 2.31. The van der Waals surface area contributed by atoms with E-state index in [4.69, 9.17) is 11.3 Å². The Kier molecular flexibility index (Phi) is 4.91. The van der Waals surface area contributed by atoms with E-state index in [0.29, 0.717) is 12.3 Å². The van der Waals surface area contributed by atoms with Crippen molar-refractivity contribution in [3.05, 3.63) is 39.7 Å². The summed E-state index contributed by atoms with van der Waals surface area (Å²) in [6.07, 6.45) is 0.774. The van der Waals surface area contributed by atoms with Crippen LogP contribution in [-0.2, 0) is 0 Å². The number of rotatable bonds is 6.